The number of nitrogens with zero attached hydrogens (tertiary/aromatic N) is 4. The molecular formula is C16H18FN5O. The summed E-state index contributed by atoms with van der Waals surface area (Å²) in [6.45, 7) is 2.92. The minimum atomic E-state index is -0.337. The second-order valence-corrected chi connectivity index (χ2v) is 5.26. The van der Waals surface area contributed by atoms with Crippen molar-refractivity contribution in [1.82, 2.24) is 15.3 Å². The molecule has 0 atom stereocenters. The van der Waals surface area contributed by atoms with Gasteiger partial charge in [0.2, 0.25) is 0 Å². The van der Waals surface area contributed by atoms with Gasteiger partial charge in [-0.05, 0) is 24.3 Å². The summed E-state index contributed by atoms with van der Waals surface area (Å²) in [5, 5.41) is 2.64. The van der Waals surface area contributed by atoms with Gasteiger partial charge < -0.3 is 15.1 Å². The SMILES string of the molecule is CNC(=O)c1cccnc1N1CCN(c2ccc(F)cn2)CC1. The molecule has 2 aromatic heterocycles. The van der Waals surface area contributed by atoms with Crippen LogP contribution in [0.2, 0.25) is 0 Å². The predicted octanol–water partition coefficient (Wildman–Crippen LogP) is 1.30. The van der Waals surface area contributed by atoms with Crippen LogP contribution in [0.15, 0.2) is 36.7 Å². The number of hydrogen-bond donors (Lipinski definition) is 1. The monoisotopic (exact) mass is 315 g/mol. The van der Waals surface area contributed by atoms with Crippen molar-refractivity contribution in [3.8, 4) is 0 Å². The number of pyridine rings is 2. The van der Waals surface area contributed by atoms with E-state index in [0.29, 0.717) is 11.4 Å². The van der Waals surface area contributed by atoms with Crippen LogP contribution in [0, 0.1) is 5.82 Å². The van der Waals surface area contributed by atoms with Crippen LogP contribution >= 0.6 is 0 Å². The number of amides is 1. The van der Waals surface area contributed by atoms with Crippen molar-refractivity contribution >= 4 is 17.5 Å². The van der Waals surface area contributed by atoms with Gasteiger partial charge in [-0.2, -0.15) is 0 Å². The average Bonchev–Trinajstić information content (AvgIpc) is 2.62. The Morgan fingerprint density at radius 1 is 1.13 bits per heavy atom. The molecule has 7 heteroatoms. The van der Waals surface area contributed by atoms with Crippen molar-refractivity contribution in [2.24, 2.45) is 0 Å². The number of carbonyl (C=O) groups excluding carboxylic acids is 1. The molecule has 6 nitrogen and oxygen atoms in total. The summed E-state index contributed by atoms with van der Waals surface area (Å²) in [7, 11) is 1.61. The van der Waals surface area contributed by atoms with Crippen LogP contribution in [-0.4, -0.2) is 49.1 Å². The number of anilines is 2. The third kappa shape index (κ3) is 3.23. The maximum atomic E-state index is 13.0. The minimum absolute atomic E-state index is 0.143. The highest BCUT2D eigenvalue weighted by molar-refractivity contribution is 5.98. The van der Waals surface area contributed by atoms with Gasteiger partial charge in [-0.3, -0.25) is 4.79 Å². The number of piperazine rings is 1. The number of nitrogens with one attached hydrogen (secondary N) is 1. The number of carbonyl (C=O) groups is 1. The van der Waals surface area contributed by atoms with Crippen LogP contribution in [0.1, 0.15) is 10.4 Å². The third-order valence-corrected chi connectivity index (χ3v) is 3.87. The molecule has 0 aliphatic carbocycles. The fraction of sp³-hybridized carbons (Fsp3) is 0.312. The van der Waals surface area contributed by atoms with Gasteiger partial charge in [0.25, 0.3) is 5.91 Å². The Balaban J connectivity index is 1.72. The zero-order valence-electron chi connectivity index (χ0n) is 12.9. The molecule has 0 radical (unpaired) electrons. The summed E-state index contributed by atoms with van der Waals surface area (Å²) in [5.74, 6) is 0.976. The van der Waals surface area contributed by atoms with E-state index in [1.807, 2.05) is 0 Å². The average molecular weight is 315 g/mol. The van der Waals surface area contributed by atoms with Gasteiger partial charge >= 0.3 is 0 Å². The van der Waals surface area contributed by atoms with Crippen LogP contribution < -0.4 is 15.1 Å². The second kappa shape index (κ2) is 6.60. The molecule has 1 fully saturated rings. The summed E-state index contributed by atoms with van der Waals surface area (Å²) in [6.07, 6.45) is 2.92. The van der Waals surface area contributed by atoms with Crippen molar-refractivity contribution in [2.45, 2.75) is 0 Å². The summed E-state index contributed by atoms with van der Waals surface area (Å²) in [6, 6.07) is 6.63. The first kappa shape index (κ1) is 15.2. The lowest BCUT2D eigenvalue weighted by molar-refractivity contribution is 0.0963. The molecule has 1 N–H and O–H groups in total. The highest BCUT2D eigenvalue weighted by Gasteiger charge is 2.22. The minimum Gasteiger partial charge on any atom is -0.355 e. The molecule has 3 rings (SSSR count). The lowest BCUT2D eigenvalue weighted by Crippen LogP contribution is -2.47. The number of aromatic nitrogens is 2. The molecule has 0 bridgehead atoms. The van der Waals surface area contributed by atoms with E-state index in [-0.39, 0.29) is 11.7 Å². The molecular weight excluding hydrogens is 297 g/mol. The Bertz CT molecular complexity index is 683. The molecule has 0 saturated carbocycles. The van der Waals surface area contributed by atoms with Crippen LogP contribution in [0.3, 0.4) is 0 Å². The lowest BCUT2D eigenvalue weighted by Gasteiger charge is -2.36. The van der Waals surface area contributed by atoms with E-state index < -0.39 is 0 Å². The summed E-state index contributed by atoms with van der Waals surface area (Å²) in [4.78, 5) is 24.6. The van der Waals surface area contributed by atoms with E-state index >= 15 is 0 Å². The molecule has 3 heterocycles. The fourth-order valence-electron chi connectivity index (χ4n) is 2.66. The van der Waals surface area contributed by atoms with Gasteiger partial charge in [-0.25, -0.2) is 14.4 Å². The van der Waals surface area contributed by atoms with E-state index in [1.54, 1.807) is 31.4 Å². The van der Waals surface area contributed by atoms with Gasteiger partial charge in [0.1, 0.15) is 17.5 Å². The van der Waals surface area contributed by atoms with Crippen LogP contribution in [0.25, 0.3) is 0 Å². The Labute approximate surface area is 134 Å². The number of hydrogen-bond acceptors (Lipinski definition) is 5. The van der Waals surface area contributed by atoms with E-state index in [9.17, 15) is 9.18 Å². The maximum Gasteiger partial charge on any atom is 0.254 e. The van der Waals surface area contributed by atoms with E-state index in [0.717, 1.165) is 32.0 Å². The summed E-state index contributed by atoms with van der Waals surface area (Å²) < 4.78 is 13.0. The first-order chi connectivity index (χ1) is 11.2. The van der Waals surface area contributed by atoms with Crippen LogP contribution in [0.4, 0.5) is 16.0 Å². The van der Waals surface area contributed by atoms with Crippen LogP contribution in [-0.2, 0) is 0 Å². The van der Waals surface area contributed by atoms with Crippen molar-refractivity contribution in [3.05, 3.63) is 48.0 Å². The first-order valence-corrected chi connectivity index (χ1v) is 7.47. The predicted molar refractivity (Wildman–Crippen MR) is 86.2 cm³/mol. The molecule has 0 aromatic carbocycles. The normalized spacial score (nSPS) is 14.7. The van der Waals surface area contributed by atoms with E-state index in [2.05, 4.69) is 25.1 Å². The quantitative estimate of drug-likeness (QED) is 0.925. The summed E-state index contributed by atoms with van der Waals surface area (Å²) in [5.41, 5.74) is 0.573. The molecule has 1 aliphatic heterocycles. The molecule has 120 valence electrons. The van der Waals surface area contributed by atoms with Crippen molar-refractivity contribution in [2.75, 3.05) is 43.0 Å². The Morgan fingerprint density at radius 3 is 2.52 bits per heavy atom. The molecule has 1 aliphatic rings. The standard InChI is InChI=1S/C16H18FN5O/c1-18-16(23)13-3-2-6-19-15(13)22-9-7-21(8-10-22)14-5-4-12(17)11-20-14/h2-6,11H,7-10H2,1H3,(H,18,23). The molecule has 0 spiro atoms. The Morgan fingerprint density at radius 2 is 1.87 bits per heavy atom. The highest BCUT2D eigenvalue weighted by atomic mass is 19.1. The smallest absolute Gasteiger partial charge is 0.254 e. The Kier molecular flexibility index (Phi) is 4.36. The van der Waals surface area contributed by atoms with Crippen molar-refractivity contribution in [1.29, 1.82) is 0 Å². The number of halogens is 1. The molecule has 0 unspecified atom stereocenters. The molecule has 1 saturated heterocycles. The van der Waals surface area contributed by atoms with Crippen LogP contribution in [0.5, 0.6) is 0 Å². The first-order valence-electron chi connectivity index (χ1n) is 7.47. The van der Waals surface area contributed by atoms with Gasteiger partial charge in [0.15, 0.2) is 0 Å². The van der Waals surface area contributed by atoms with E-state index in [1.165, 1.54) is 12.3 Å². The zero-order chi connectivity index (χ0) is 16.2. The van der Waals surface area contributed by atoms with Gasteiger partial charge in [-0.1, -0.05) is 0 Å². The molecule has 23 heavy (non-hydrogen) atoms. The van der Waals surface area contributed by atoms with Crippen molar-refractivity contribution in [3.63, 3.8) is 0 Å². The lowest BCUT2D eigenvalue weighted by atomic mass is 10.2. The largest absolute Gasteiger partial charge is 0.355 e. The van der Waals surface area contributed by atoms with Gasteiger partial charge in [-0.15, -0.1) is 0 Å². The maximum absolute atomic E-state index is 13.0. The van der Waals surface area contributed by atoms with Gasteiger partial charge in [0.05, 0.1) is 11.8 Å². The third-order valence-electron chi connectivity index (χ3n) is 3.87. The van der Waals surface area contributed by atoms with Crippen molar-refractivity contribution < 1.29 is 9.18 Å². The molecule has 2 aromatic rings. The topological polar surface area (TPSA) is 61.4 Å². The van der Waals surface area contributed by atoms with E-state index in [4.69, 9.17) is 0 Å². The second-order valence-electron chi connectivity index (χ2n) is 5.26. The zero-order valence-corrected chi connectivity index (χ0v) is 12.9. The molecule has 1 amide bonds. The highest BCUT2D eigenvalue weighted by Crippen LogP contribution is 2.21. The Hall–Kier alpha value is -2.70. The fourth-order valence-corrected chi connectivity index (χ4v) is 2.66. The number of rotatable bonds is 3. The summed E-state index contributed by atoms with van der Waals surface area (Å²) >= 11 is 0. The van der Waals surface area contributed by atoms with Gasteiger partial charge in [0, 0.05) is 39.4 Å².